The number of rotatable bonds is 4. The van der Waals surface area contributed by atoms with Gasteiger partial charge < -0.3 is 16.8 Å². The molecule has 1 aliphatic rings. The van der Waals surface area contributed by atoms with Gasteiger partial charge in [-0.25, -0.2) is 0 Å². The molecule has 2 amide bonds. The zero-order valence-corrected chi connectivity index (χ0v) is 11.4. The summed E-state index contributed by atoms with van der Waals surface area (Å²) in [6, 6.07) is 1.86. The fraction of sp³-hybridized carbons (Fsp3) is 0.500. The Hall–Kier alpha value is -1.44. The molecule has 7 heteroatoms. The van der Waals surface area contributed by atoms with Crippen molar-refractivity contribution in [1.82, 2.24) is 4.90 Å². The zero-order valence-electron chi connectivity index (χ0n) is 10.6. The topological polar surface area (TPSA) is 101 Å². The number of nitrogens with two attached hydrogens (primary N) is 2. The number of hydrogen-bond donors (Lipinski definition) is 3. The number of nitrogens with zero attached hydrogens (tertiary/aromatic N) is 1. The number of nitrogens with one attached hydrogen (secondary N) is 1. The Labute approximate surface area is 115 Å². The molecule has 1 saturated heterocycles. The van der Waals surface area contributed by atoms with Gasteiger partial charge in [-0.1, -0.05) is 0 Å². The predicted octanol–water partition coefficient (Wildman–Crippen LogP) is 0.209. The highest BCUT2D eigenvalue weighted by Gasteiger charge is 2.19. The van der Waals surface area contributed by atoms with Gasteiger partial charge in [0.15, 0.2) is 0 Å². The average Bonchev–Trinajstić information content (AvgIpc) is 2.80. The molecule has 0 radical (unpaired) electrons. The number of piperidine rings is 1. The van der Waals surface area contributed by atoms with Crippen LogP contribution in [0.1, 0.15) is 23.2 Å². The first kappa shape index (κ1) is 14.0. The van der Waals surface area contributed by atoms with Crippen LogP contribution in [0.4, 0.5) is 5.00 Å². The Morgan fingerprint density at radius 1 is 1.42 bits per heavy atom. The lowest BCUT2D eigenvalue weighted by atomic mass is 10.1. The third-order valence-corrected chi connectivity index (χ3v) is 4.01. The molecule has 5 N–H and O–H groups in total. The Morgan fingerprint density at radius 3 is 2.74 bits per heavy atom. The van der Waals surface area contributed by atoms with E-state index in [0.717, 1.165) is 25.9 Å². The van der Waals surface area contributed by atoms with Gasteiger partial charge >= 0.3 is 0 Å². The van der Waals surface area contributed by atoms with E-state index in [1.807, 2.05) is 0 Å². The van der Waals surface area contributed by atoms with Gasteiger partial charge in [-0.2, -0.15) is 0 Å². The molecule has 104 valence electrons. The van der Waals surface area contributed by atoms with Crippen LogP contribution in [-0.2, 0) is 4.79 Å². The van der Waals surface area contributed by atoms with Crippen LogP contribution in [0.15, 0.2) is 11.4 Å². The summed E-state index contributed by atoms with van der Waals surface area (Å²) in [6.45, 7) is 1.99. The molecule has 1 aromatic rings. The summed E-state index contributed by atoms with van der Waals surface area (Å²) in [5, 5.41) is 4.99. The fourth-order valence-electron chi connectivity index (χ4n) is 2.08. The molecule has 19 heavy (non-hydrogen) atoms. The number of anilines is 1. The van der Waals surface area contributed by atoms with Gasteiger partial charge in [0.25, 0.3) is 5.91 Å². The smallest absolute Gasteiger partial charge is 0.251 e. The molecule has 6 nitrogen and oxygen atoms in total. The van der Waals surface area contributed by atoms with Gasteiger partial charge in [0.05, 0.1) is 12.1 Å². The summed E-state index contributed by atoms with van der Waals surface area (Å²) in [5.41, 5.74) is 11.4. The lowest BCUT2D eigenvalue weighted by molar-refractivity contribution is -0.117. The molecular formula is C12H18N4O2S. The van der Waals surface area contributed by atoms with Crippen molar-refractivity contribution in [3.63, 3.8) is 0 Å². The van der Waals surface area contributed by atoms with Crippen molar-refractivity contribution >= 4 is 28.2 Å². The van der Waals surface area contributed by atoms with Crippen LogP contribution >= 0.6 is 11.3 Å². The number of hydrogen-bond acceptors (Lipinski definition) is 5. The highest BCUT2D eigenvalue weighted by atomic mass is 32.1. The summed E-state index contributed by atoms with van der Waals surface area (Å²) in [6.07, 6.45) is 1.83. The molecule has 2 heterocycles. The molecule has 0 aromatic carbocycles. The molecule has 0 unspecified atom stereocenters. The van der Waals surface area contributed by atoms with Crippen molar-refractivity contribution in [2.45, 2.75) is 18.9 Å². The molecular weight excluding hydrogens is 264 g/mol. The number of primary amides is 1. The minimum Gasteiger partial charge on any atom is -0.366 e. The Morgan fingerprint density at radius 2 is 2.11 bits per heavy atom. The zero-order chi connectivity index (χ0) is 13.8. The minimum atomic E-state index is -0.527. The SMILES string of the molecule is NC(=O)c1ccsc1NC(=O)CN1CCC(N)CC1. The van der Waals surface area contributed by atoms with Gasteiger partial charge in [-0.05, 0) is 24.3 Å². The van der Waals surface area contributed by atoms with Gasteiger partial charge in [0.1, 0.15) is 5.00 Å². The lowest BCUT2D eigenvalue weighted by Crippen LogP contribution is -2.43. The van der Waals surface area contributed by atoms with Crippen LogP contribution in [-0.4, -0.2) is 42.4 Å². The monoisotopic (exact) mass is 282 g/mol. The number of carbonyl (C=O) groups is 2. The van der Waals surface area contributed by atoms with Crippen LogP contribution in [0.25, 0.3) is 0 Å². The first-order chi connectivity index (χ1) is 9.06. The maximum absolute atomic E-state index is 11.9. The van der Waals surface area contributed by atoms with Crippen molar-refractivity contribution in [3.05, 3.63) is 17.0 Å². The molecule has 0 aliphatic carbocycles. The van der Waals surface area contributed by atoms with Crippen LogP contribution in [0.3, 0.4) is 0 Å². The number of likely N-dealkylation sites (tertiary alicyclic amines) is 1. The highest BCUT2D eigenvalue weighted by Crippen LogP contribution is 2.22. The molecule has 0 saturated carbocycles. The van der Waals surface area contributed by atoms with Crippen LogP contribution in [0, 0.1) is 0 Å². The van der Waals surface area contributed by atoms with Crippen molar-refractivity contribution in [3.8, 4) is 0 Å². The molecule has 1 aromatic heterocycles. The van der Waals surface area contributed by atoms with Crippen molar-refractivity contribution in [2.75, 3.05) is 25.0 Å². The normalized spacial score (nSPS) is 17.3. The number of thiophene rings is 1. The van der Waals surface area contributed by atoms with E-state index in [-0.39, 0.29) is 11.9 Å². The molecule has 0 spiro atoms. The maximum Gasteiger partial charge on any atom is 0.251 e. The molecule has 0 bridgehead atoms. The van der Waals surface area contributed by atoms with E-state index in [4.69, 9.17) is 11.5 Å². The second-order valence-corrected chi connectivity index (χ2v) is 5.61. The Bertz CT molecular complexity index is 466. The molecule has 0 atom stereocenters. The molecule has 1 fully saturated rings. The standard InChI is InChI=1S/C12H18N4O2S/c13-8-1-4-16(5-2-8)7-10(17)15-12-9(11(14)18)3-6-19-12/h3,6,8H,1-2,4-5,7,13H2,(H2,14,18)(H,15,17). The molecule has 1 aliphatic heterocycles. The largest absolute Gasteiger partial charge is 0.366 e. The van der Waals surface area contributed by atoms with E-state index in [9.17, 15) is 9.59 Å². The highest BCUT2D eigenvalue weighted by molar-refractivity contribution is 7.14. The molecule has 2 rings (SSSR count). The van der Waals surface area contributed by atoms with Gasteiger partial charge in [-0.15, -0.1) is 11.3 Å². The summed E-state index contributed by atoms with van der Waals surface area (Å²) in [5.74, 6) is -0.652. The second-order valence-electron chi connectivity index (χ2n) is 4.69. The van der Waals surface area contributed by atoms with E-state index in [2.05, 4.69) is 10.2 Å². The Kier molecular flexibility index (Phi) is 4.52. The van der Waals surface area contributed by atoms with Gasteiger partial charge in [0.2, 0.25) is 5.91 Å². The third kappa shape index (κ3) is 3.76. The summed E-state index contributed by atoms with van der Waals surface area (Å²) < 4.78 is 0. The van der Waals surface area contributed by atoms with Crippen LogP contribution in [0.5, 0.6) is 0 Å². The van der Waals surface area contributed by atoms with Crippen molar-refractivity contribution in [1.29, 1.82) is 0 Å². The summed E-state index contributed by atoms with van der Waals surface area (Å²) in [4.78, 5) is 25.1. The fourth-order valence-corrected chi connectivity index (χ4v) is 2.89. The van der Waals surface area contributed by atoms with Crippen molar-refractivity contribution < 1.29 is 9.59 Å². The summed E-state index contributed by atoms with van der Waals surface area (Å²) in [7, 11) is 0. The van der Waals surface area contributed by atoms with Gasteiger partial charge in [-0.3, -0.25) is 14.5 Å². The first-order valence-corrected chi connectivity index (χ1v) is 7.09. The maximum atomic E-state index is 11.9. The van der Waals surface area contributed by atoms with Crippen LogP contribution in [0.2, 0.25) is 0 Å². The lowest BCUT2D eigenvalue weighted by Gasteiger charge is -2.29. The van der Waals surface area contributed by atoms with Crippen molar-refractivity contribution in [2.24, 2.45) is 11.5 Å². The van der Waals surface area contributed by atoms with E-state index in [1.165, 1.54) is 11.3 Å². The second kappa shape index (κ2) is 6.14. The average molecular weight is 282 g/mol. The predicted molar refractivity (Wildman–Crippen MR) is 75.1 cm³/mol. The minimum absolute atomic E-state index is 0.125. The number of amides is 2. The van der Waals surface area contributed by atoms with E-state index in [1.54, 1.807) is 11.4 Å². The van der Waals surface area contributed by atoms with Crippen LogP contribution < -0.4 is 16.8 Å². The Balaban J connectivity index is 1.87. The van der Waals surface area contributed by atoms with Gasteiger partial charge in [0, 0.05) is 19.1 Å². The van der Waals surface area contributed by atoms with E-state index >= 15 is 0 Å². The van der Waals surface area contributed by atoms with E-state index < -0.39 is 5.91 Å². The third-order valence-electron chi connectivity index (χ3n) is 3.18. The number of carbonyl (C=O) groups excluding carboxylic acids is 2. The summed E-state index contributed by atoms with van der Waals surface area (Å²) >= 11 is 1.30. The quantitative estimate of drug-likeness (QED) is 0.734. The van der Waals surface area contributed by atoms with E-state index in [0.29, 0.717) is 17.1 Å². The first-order valence-electron chi connectivity index (χ1n) is 6.21.